The van der Waals surface area contributed by atoms with Gasteiger partial charge in [-0.05, 0) is 56.8 Å². The van der Waals surface area contributed by atoms with E-state index in [1.54, 1.807) is 4.81 Å². The Balaban J connectivity index is 1.81. The lowest BCUT2D eigenvalue weighted by Crippen LogP contribution is -2.31. The van der Waals surface area contributed by atoms with Crippen LogP contribution in [-0.2, 0) is 23.1 Å². The molecule has 1 N–H and O–H groups in total. The number of hydrogen-bond donors (Lipinski definition) is 1. The third-order valence-electron chi connectivity index (χ3n) is 4.86. The summed E-state index contributed by atoms with van der Waals surface area (Å²) in [5.74, 6) is -0.172. The summed E-state index contributed by atoms with van der Waals surface area (Å²) in [5.41, 5.74) is -5.20. The van der Waals surface area contributed by atoms with Crippen LogP contribution >= 0.6 is 0 Å². The van der Waals surface area contributed by atoms with Crippen molar-refractivity contribution >= 4 is 29.1 Å². The Bertz CT molecular complexity index is 940. The van der Waals surface area contributed by atoms with Gasteiger partial charge in [0.2, 0.25) is 0 Å². The number of aliphatic hydroxyl groups excluding tert-OH is 1. The molecule has 1 aliphatic heterocycles. The zero-order valence-electron chi connectivity index (χ0n) is 14.8. The van der Waals surface area contributed by atoms with Crippen LogP contribution < -0.4 is 4.18 Å². The highest BCUT2D eigenvalue weighted by Gasteiger charge is 2.49. The van der Waals surface area contributed by atoms with E-state index in [1.807, 2.05) is 0 Å². The molecule has 3 rings (SSSR count). The maximum absolute atomic E-state index is 12.6. The highest BCUT2D eigenvalue weighted by molar-refractivity contribution is 7.88. The second-order valence-electron chi connectivity index (χ2n) is 6.71. The molecule has 7 nitrogen and oxygen atoms in total. The predicted octanol–water partition coefficient (Wildman–Crippen LogP) is 2.28. The zero-order valence-corrected chi connectivity index (χ0v) is 15.6. The number of fused-ring (bicyclic) bond motifs is 1. The van der Waals surface area contributed by atoms with Crippen molar-refractivity contribution in [1.29, 1.82) is 0 Å². The lowest BCUT2D eigenvalue weighted by molar-refractivity contribution is -0.0500. The SMILES string of the molecule is [B]N1CCC(CCc2noc3c(CO)c(OS(=O)(=O)C(F)(F)F)ccc23)CC1. The molecule has 1 saturated heterocycles. The minimum absolute atomic E-state index is 0.00384. The highest BCUT2D eigenvalue weighted by atomic mass is 32.2. The number of rotatable bonds is 6. The molecule has 0 atom stereocenters. The van der Waals surface area contributed by atoms with Crippen molar-refractivity contribution in [3.63, 3.8) is 0 Å². The average Bonchev–Trinajstić information content (AvgIpc) is 3.03. The number of hydrogen-bond acceptors (Lipinski definition) is 7. The smallest absolute Gasteiger partial charge is 0.391 e. The van der Waals surface area contributed by atoms with Crippen LogP contribution in [0, 0.1) is 5.92 Å². The predicted molar refractivity (Wildman–Crippen MR) is 93.9 cm³/mol. The van der Waals surface area contributed by atoms with Gasteiger partial charge in [-0.15, -0.1) is 0 Å². The molecule has 2 heterocycles. The number of halogens is 3. The van der Waals surface area contributed by atoms with Crippen LogP contribution in [0.1, 0.15) is 30.5 Å². The Kier molecular flexibility index (Phi) is 5.92. The van der Waals surface area contributed by atoms with Crippen LogP contribution in [-0.4, -0.2) is 50.1 Å². The summed E-state index contributed by atoms with van der Waals surface area (Å²) >= 11 is 0. The molecule has 2 radical (unpaired) electrons. The van der Waals surface area contributed by atoms with E-state index in [0.29, 0.717) is 23.4 Å². The summed E-state index contributed by atoms with van der Waals surface area (Å²) in [6.07, 6.45) is 3.34. The number of aryl methyl sites for hydroxylation is 1. The topological polar surface area (TPSA) is 92.9 Å². The second kappa shape index (κ2) is 7.92. The highest BCUT2D eigenvalue weighted by Crippen LogP contribution is 2.35. The number of piperidine rings is 1. The Morgan fingerprint density at radius 1 is 1.32 bits per heavy atom. The monoisotopic (exact) mass is 418 g/mol. The van der Waals surface area contributed by atoms with Crippen molar-refractivity contribution in [2.45, 2.75) is 37.8 Å². The van der Waals surface area contributed by atoms with Gasteiger partial charge in [-0.25, -0.2) is 0 Å². The minimum atomic E-state index is -5.86. The van der Waals surface area contributed by atoms with E-state index in [4.69, 9.17) is 12.5 Å². The fourth-order valence-electron chi connectivity index (χ4n) is 3.25. The number of aromatic nitrogens is 1. The van der Waals surface area contributed by atoms with E-state index in [9.17, 15) is 26.7 Å². The average molecular weight is 418 g/mol. The normalized spacial score (nSPS) is 17.3. The third-order valence-corrected chi connectivity index (χ3v) is 5.82. The molecule has 152 valence electrons. The largest absolute Gasteiger partial charge is 0.534 e. The molecule has 0 aliphatic carbocycles. The van der Waals surface area contributed by atoms with Gasteiger partial charge >= 0.3 is 15.6 Å². The molecule has 2 aromatic rings. The fraction of sp³-hybridized carbons (Fsp3) is 0.562. The van der Waals surface area contributed by atoms with E-state index in [2.05, 4.69) is 9.34 Å². The molecule has 1 aromatic carbocycles. The standard InChI is InChI=1S/C16H18BF3N2O5S/c17-22-7-5-10(6-8-22)1-3-13-11-2-4-14(12(9-23)15(11)26-21-13)27-28(24,25)16(18,19)20/h2,4,10,23H,1,3,5-9H2. The summed E-state index contributed by atoms with van der Waals surface area (Å²) in [6, 6.07) is 2.44. The molecule has 0 unspecified atom stereocenters. The Morgan fingerprint density at radius 2 is 2.00 bits per heavy atom. The Morgan fingerprint density at radius 3 is 2.61 bits per heavy atom. The molecule has 1 fully saturated rings. The molecule has 12 heteroatoms. The van der Waals surface area contributed by atoms with Crippen molar-refractivity contribution < 1.29 is 35.4 Å². The number of aliphatic hydroxyl groups is 1. The van der Waals surface area contributed by atoms with Gasteiger partial charge in [-0.2, -0.15) is 21.6 Å². The lowest BCUT2D eigenvalue weighted by Gasteiger charge is -2.29. The van der Waals surface area contributed by atoms with Gasteiger partial charge in [-0.1, -0.05) is 5.16 Å². The van der Waals surface area contributed by atoms with Crippen molar-refractivity contribution in [1.82, 2.24) is 9.97 Å². The molecular weight excluding hydrogens is 400 g/mol. The summed E-state index contributed by atoms with van der Waals surface area (Å²) in [6.45, 7) is 0.851. The van der Waals surface area contributed by atoms with Crippen LogP contribution in [0.2, 0.25) is 0 Å². The first-order valence-electron chi connectivity index (χ1n) is 8.63. The number of nitrogens with zero attached hydrogens (tertiary/aromatic N) is 2. The lowest BCUT2D eigenvalue weighted by atomic mass is 9.90. The molecule has 0 bridgehead atoms. The summed E-state index contributed by atoms with van der Waals surface area (Å²) < 4.78 is 69.5. The molecule has 0 amide bonds. The first-order valence-corrected chi connectivity index (χ1v) is 10.0. The van der Waals surface area contributed by atoms with Gasteiger partial charge in [0.1, 0.15) is 0 Å². The van der Waals surface area contributed by atoms with E-state index in [-0.39, 0.29) is 11.1 Å². The van der Waals surface area contributed by atoms with Gasteiger partial charge < -0.3 is 18.6 Å². The molecule has 28 heavy (non-hydrogen) atoms. The fourth-order valence-corrected chi connectivity index (χ4v) is 3.73. The first-order chi connectivity index (χ1) is 13.1. The van der Waals surface area contributed by atoms with Crippen LogP contribution in [0.4, 0.5) is 13.2 Å². The van der Waals surface area contributed by atoms with E-state index in [1.165, 1.54) is 6.07 Å². The number of benzene rings is 1. The Labute approximate surface area is 161 Å². The summed E-state index contributed by atoms with van der Waals surface area (Å²) in [4.78, 5) is 1.77. The molecular formula is C16H18BF3N2O5S. The summed E-state index contributed by atoms with van der Waals surface area (Å²) in [5, 5.41) is 14.0. The van der Waals surface area contributed by atoms with Crippen molar-refractivity contribution in [2.75, 3.05) is 13.1 Å². The quantitative estimate of drug-likeness (QED) is 0.437. The van der Waals surface area contributed by atoms with Crippen LogP contribution in [0.5, 0.6) is 5.75 Å². The molecule has 1 aromatic heterocycles. The van der Waals surface area contributed by atoms with Gasteiger partial charge in [0.15, 0.2) is 19.3 Å². The minimum Gasteiger partial charge on any atom is -0.391 e. The van der Waals surface area contributed by atoms with Crippen LogP contribution in [0.25, 0.3) is 11.0 Å². The van der Waals surface area contributed by atoms with Gasteiger partial charge in [0.25, 0.3) is 0 Å². The molecule has 0 saturated carbocycles. The summed E-state index contributed by atoms with van der Waals surface area (Å²) in [7, 11) is -0.126. The zero-order chi connectivity index (χ0) is 20.5. The third kappa shape index (κ3) is 4.28. The van der Waals surface area contributed by atoms with E-state index < -0.39 is 28.0 Å². The van der Waals surface area contributed by atoms with Crippen LogP contribution in [0.15, 0.2) is 16.7 Å². The maximum atomic E-state index is 12.6. The van der Waals surface area contributed by atoms with Gasteiger partial charge in [0.05, 0.1) is 17.9 Å². The van der Waals surface area contributed by atoms with Crippen molar-refractivity contribution in [3.05, 3.63) is 23.4 Å². The van der Waals surface area contributed by atoms with E-state index >= 15 is 0 Å². The van der Waals surface area contributed by atoms with Crippen LogP contribution in [0.3, 0.4) is 0 Å². The Hall–Kier alpha value is -1.79. The second-order valence-corrected chi connectivity index (χ2v) is 8.25. The van der Waals surface area contributed by atoms with Gasteiger partial charge in [-0.3, -0.25) is 0 Å². The molecule has 1 aliphatic rings. The van der Waals surface area contributed by atoms with E-state index in [0.717, 1.165) is 38.4 Å². The van der Waals surface area contributed by atoms with Gasteiger partial charge in [0, 0.05) is 5.39 Å². The first kappa shape index (κ1) is 20.9. The number of alkyl halides is 3. The molecule has 0 spiro atoms. The maximum Gasteiger partial charge on any atom is 0.534 e. The van der Waals surface area contributed by atoms with Crippen molar-refractivity contribution in [2.24, 2.45) is 5.92 Å². The van der Waals surface area contributed by atoms with Crippen molar-refractivity contribution in [3.8, 4) is 5.75 Å².